The second kappa shape index (κ2) is 7.31. The molecule has 4 nitrogen and oxygen atoms in total. The number of aryl methyl sites for hydroxylation is 1. The van der Waals surface area contributed by atoms with Crippen LogP contribution in [0.4, 0.5) is 0 Å². The van der Waals surface area contributed by atoms with Crippen LogP contribution in [0.2, 0.25) is 0 Å². The topological polar surface area (TPSA) is 58.5 Å². The molecule has 5 heteroatoms. The van der Waals surface area contributed by atoms with Crippen LogP contribution in [-0.4, -0.2) is 18.4 Å². The van der Waals surface area contributed by atoms with E-state index in [-0.39, 0.29) is 17.7 Å². The molecule has 0 fully saturated rings. The van der Waals surface area contributed by atoms with Crippen LogP contribution in [0, 0.1) is 19.8 Å². The highest BCUT2D eigenvalue weighted by atomic mass is 79.9. The monoisotopic (exact) mass is 398 g/mol. The molecule has 1 aliphatic heterocycles. The van der Waals surface area contributed by atoms with E-state index < -0.39 is 0 Å². The van der Waals surface area contributed by atoms with Gasteiger partial charge in [-0.3, -0.25) is 9.59 Å². The highest BCUT2D eigenvalue weighted by molar-refractivity contribution is 9.10. The molecular weight excluding hydrogens is 380 g/mol. The molecule has 1 N–H and O–H groups in total. The first-order valence-electron chi connectivity index (χ1n) is 8.20. The van der Waals surface area contributed by atoms with E-state index >= 15 is 0 Å². The third-order valence-electron chi connectivity index (χ3n) is 4.51. The lowest BCUT2D eigenvalue weighted by Crippen LogP contribution is -2.37. The van der Waals surface area contributed by atoms with E-state index in [0.29, 0.717) is 18.5 Å². The summed E-state index contributed by atoms with van der Waals surface area (Å²) in [6.07, 6.45) is 2.49. The largest absolute Gasteiger partial charge is 0.352 e. The predicted molar refractivity (Wildman–Crippen MR) is 101 cm³/mol. The summed E-state index contributed by atoms with van der Waals surface area (Å²) >= 11 is 3.37. The van der Waals surface area contributed by atoms with Crippen LogP contribution in [0.25, 0.3) is 6.08 Å². The molecule has 2 aromatic rings. The van der Waals surface area contributed by atoms with Crippen LogP contribution in [-0.2, 0) is 4.79 Å². The van der Waals surface area contributed by atoms with Crippen molar-refractivity contribution in [1.82, 2.24) is 5.32 Å². The first-order valence-corrected chi connectivity index (χ1v) is 9.00. The SMILES string of the molecule is Cc1ccc2c(c1C)=NC(=O)C(CCNC(=O)c1ccccc1Br)C=2. The van der Waals surface area contributed by atoms with Crippen LogP contribution >= 0.6 is 15.9 Å². The molecule has 0 radical (unpaired) electrons. The summed E-state index contributed by atoms with van der Waals surface area (Å²) < 4.78 is 0.752. The zero-order chi connectivity index (χ0) is 18.0. The van der Waals surface area contributed by atoms with Gasteiger partial charge in [0, 0.05) is 11.0 Å². The molecule has 0 saturated carbocycles. The number of carbonyl (C=O) groups is 2. The first-order chi connectivity index (χ1) is 12.0. The van der Waals surface area contributed by atoms with Crippen molar-refractivity contribution in [1.29, 1.82) is 0 Å². The van der Waals surface area contributed by atoms with Crippen molar-refractivity contribution in [3.63, 3.8) is 0 Å². The van der Waals surface area contributed by atoms with E-state index in [1.54, 1.807) is 6.07 Å². The Labute approximate surface area is 154 Å². The molecule has 25 heavy (non-hydrogen) atoms. The lowest BCUT2D eigenvalue weighted by atomic mass is 9.98. The molecule has 0 aliphatic carbocycles. The van der Waals surface area contributed by atoms with Gasteiger partial charge in [0.1, 0.15) is 0 Å². The summed E-state index contributed by atoms with van der Waals surface area (Å²) in [6.45, 7) is 4.42. The number of hydrogen-bond donors (Lipinski definition) is 1. The van der Waals surface area contributed by atoms with Crippen molar-refractivity contribution < 1.29 is 9.59 Å². The molecule has 0 saturated heterocycles. The molecule has 0 aromatic heterocycles. The Balaban J connectivity index is 1.69. The van der Waals surface area contributed by atoms with Crippen LogP contribution in [0.5, 0.6) is 0 Å². The summed E-state index contributed by atoms with van der Waals surface area (Å²) in [5.74, 6) is -0.593. The Bertz CT molecular complexity index is 966. The third kappa shape index (κ3) is 3.71. The summed E-state index contributed by atoms with van der Waals surface area (Å²) in [4.78, 5) is 28.8. The fraction of sp³-hybridized carbons (Fsp3) is 0.250. The first kappa shape index (κ1) is 17.5. The number of nitrogens with zero attached hydrogens (tertiary/aromatic N) is 1. The van der Waals surface area contributed by atoms with E-state index in [9.17, 15) is 9.59 Å². The van der Waals surface area contributed by atoms with Gasteiger partial charge in [0.25, 0.3) is 11.8 Å². The van der Waals surface area contributed by atoms with Crippen LogP contribution < -0.4 is 15.9 Å². The van der Waals surface area contributed by atoms with Gasteiger partial charge in [0.2, 0.25) is 0 Å². The van der Waals surface area contributed by atoms with Gasteiger partial charge in [-0.25, -0.2) is 4.99 Å². The summed E-state index contributed by atoms with van der Waals surface area (Å²) in [5, 5.41) is 4.64. The molecule has 1 aliphatic rings. The average Bonchev–Trinajstić information content (AvgIpc) is 2.60. The van der Waals surface area contributed by atoms with Crippen molar-refractivity contribution in [3.05, 3.63) is 68.1 Å². The maximum Gasteiger partial charge on any atom is 0.253 e. The van der Waals surface area contributed by atoms with Gasteiger partial charge in [-0.05, 0) is 64.7 Å². The number of hydrogen-bond acceptors (Lipinski definition) is 2. The lowest BCUT2D eigenvalue weighted by molar-refractivity contribution is -0.120. The van der Waals surface area contributed by atoms with Crippen LogP contribution in [0.15, 0.2) is 45.9 Å². The Hall–Kier alpha value is -2.27. The summed E-state index contributed by atoms with van der Waals surface area (Å²) in [6, 6.07) is 11.3. The number of amides is 2. The molecule has 128 valence electrons. The van der Waals surface area contributed by atoms with Gasteiger partial charge < -0.3 is 5.32 Å². The maximum absolute atomic E-state index is 12.3. The molecule has 2 aromatic carbocycles. The van der Waals surface area contributed by atoms with E-state index in [4.69, 9.17) is 0 Å². The average molecular weight is 399 g/mol. The minimum Gasteiger partial charge on any atom is -0.352 e. The predicted octanol–water partition coefficient (Wildman–Crippen LogP) is 2.44. The van der Waals surface area contributed by atoms with Gasteiger partial charge in [0.05, 0.1) is 16.8 Å². The van der Waals surface area contributed by atoms with Crippen molar-refractivity contribution in [2.75, 3.05) is 6.54 Å². The highest BCUT2D eigenvalue weighted by Crippen LogP contribution is 2.16. The summed E-state index contributed by atoms with van der Waals surface area (Å²) in [7, 11) is 0. The fourth-order valence-electron chi connectivity index (χ4n) is 2.87. The smallest absolute Gasteiger partial charge is 0.253 e. The van der Waals surface area contributed by atoms with Crippen molar-refractivity contribution in [3.8, 4) is 0 Å². The Kier molecular flexibility index (Phi) is 5.13. The number of benzene rings is 2. The Morgan fingerprint density at radius 3 is 2.72 bits per heavy atom. The Morgan fingerprint density at radius 1 is 1.20 bits per heavy atom. The quantitative estimate of drug-likeness (QED) is 0.859. The van der Waals surface area contributed by atoms with Crippen molar-refractivity contribution in [2.24, 2.45) is 10.9 Å². The van der Waals surface area contributed by atoms with E-state index in [1.165, 1.54) is 0 Å². The number of fused-ring (bicyclic) bond motifs is 1. The van der Waals surface area contributed by atoms with Crippen LogP contribution in [0.3, 0.4) is 0 Å². The van der Waals surface area contributed by atoms with Crippen molar-refractivity contribution in [2.45, 2.75) is 20.3 Å². The zero-order valence-corrected chi connectivity index (χ0v) is 15.8. The van der Waals surface area contributed by atoms with Gasteiger partial charge in [-0.15, -0.1) is 0 Å². The maximum atomic E-state index is 12.3. The van der Waals surface area contributed by atoms with Gasteiger partial charge in [0.15, 0.2) is 0 Å². The zero-order valence-electron chi connectivity index (χ0n) is 14.2. The number of nitrogens with one attached hydrogen (secondary N) is 1. The van der Waals surface area contributed by atoms with Gasteiger partial charge >= 0.3 is 0 Å². The molecule has 1 heterocycles. The van der Waals surface area contributed by atoms with Gasteiger partial charge in [-0.1, -0.05) is 30.3 Å². The van der Waals surface area contributed by atoms with Crippen LogP contribution in [0.1, 0.15) is 27.9 Å². The molecule has 1 atom stereocenters. The molecule has 2 amide bonds. The normalized spacial score (nSPS) is 15.8. The Morgan fingerprint density at radius 2 is 1.96 bits per heavy atom. The van der Waals surface area contributed by atoms with Crippen molar-refractivity contribution >= 4 is 33.8 Å². The second-order valence-corrected chi connectivity index (χ2v) is 7.05. The number of rotatable bonds is 4. The molecular formula is C20H19BrN2O2. The van der Waals surface area contributed by atoms with E-state index in [0.717, 1.165) is 26.2 Å². The van der Waals surface area contributed by atoms with E-state index in [2.05, 4.69) is 26.2 Å². The molecule has 0 bridgehead atoms. The summed E-state index contributed by atoms with van der Waals surface area (Å²) in [5.41, 5.74) is 2.76. The van der Waals surface area contributed by atoms with E-state index in [1.807, 2.05) is 50.3 Å². The molecule has 0 spiro atoms. The number of carbonyl (C=O) groups excluding carboxylic acids is 2. The molecule has 1 unspecified atom stereocenters. The third-order valence-corrected chi connectivity index (χ3v) is 5.20. The fourth-order valence-corrected chi connectivity index (χ4v) is 3.34. The molecule has 3 rings (SSSR count). The van der Waals surface area contributed by atoms with Gasteiger partial charge in [-0.2, -0.15) is 0 Å². The minimum absolute atomic E-state index is 0.142. The minimum atomic E-state index is -0.297. The lowest BCUT2D eigenvalue weighted by Gasteiger charge is -2.14. The standard InChI is InChI=1S/C20H19BrN2O2/c1-12-7-8-14-11-15(19(24)23-18(14)13(12)2)9-10-22-20(25)16-5-3-4-6-17(16)21/h3-8,11,15H,9-10H2,1-2H3,(H,22,25). The number of halogens is 1. The second-order valence-electron chi connectivity index (χ2n) is 6.19. The highest BCUT2D eigenvalue weighted by Gasteiger charge is 2.19.